The highest BCUT2D eigenvalue weighted by Crippen LogP contribution is 2.50. The first-order valence-electron chi connectivity index (χ1n) is 6.76. The third-order valence-electron chi connectivity index (χ3n) is 4.59. The van der Waals surface area contributed by atoms with Crippen molar-refractivity contribution < 1.29 is 4.79 Å². The van der Waals surface area contributed by atoms with Crippen molar-refractivity contribution in [2.45, 2.75) is 26.2 Å². The van der Waals surface area contributed by atoms with Crippen LogP contribution in [0.2, 0.25) is 5.15 Å². The summed E-state index contributed by atoms with van der Waals surface area (Å²) in [6, 6.07) is 0. The Morgan fingerprint density at radius 1 is 1.37 bits per heavy atom. The number of hydrogen-bond acceptors (Lipinski definition) is 4. The number of carbonyl (C=O) groups is 1. The van der Waals surface area contributed by atoms with Crippen LogP contribution in [-0.4, -0.2) is 29.3 Å². The number of fused-ring (bicyclic) bond motifs is 1. The van der Waals surface area contributed by atoms with Gasteiger partial charge in [-0.2, -0.15) is 0 Å². The van der Waals surface area contributed by atoms with E-state index in [0.717, 1.165) is 38.0 Å². The minimum Gasteiger partial charge on any atom is -0.355 e. The van der Waals surface area contributed by atoms with Crippen molar-refractivity contribution in [3.8, 4) is 0 Å². The van der Waals surface area contributed by atoms with Gasteiger partial charge in [-0.25, -0.2) is 9.97 Å². The van der Waals surface area contributed by atoms with Crippen molar-refractivity contribution in [3.05, 3.63) is 17.5 Å². The van der Waals surface area contributed by atoms with Gasteiger partial charge in [-0.05, 0) is 30.1 Å². The summed E-state index contributed by atoms with van der Waals surface area (Å²) in [6.07, 6.45) is 7.40. The van der Waals surface area contributed by atoms with Crippen LogP contribution in [0.4, 0.5) is 5.82 Å². The summed E-state index contributed by atoms with van der Waals surface area (Å²) in [5.41, 5.74) is 0.217. The number of rotatable bonds is 3. The highest BCUT2D eigenvalue weighted by molar-refractivity contribution is 6.29. The van der Waals surface area contributed by atoms with Gasteiger partial charge in [0.25, 0.3) is 0 Å². The Hall–Kier alpha value is -1.16. The van der Waals surface area contributed by atoms with Gasteiger partial charge in [0, 0.05) is 19.5 Å². The molecule has 1 saturated heterocycles. The van der Waals surface area contributed by atoms with Gasteiger partial charge in [0.05, 0.1) is 12.4 Å². The molecule has 3 rings (SSSR count). The highest BCUT2D eigenvalue weighted by atomic mass is 35.5. The maximum atomic E-state index is 10.8. The van der Waals surface area contributed by atoms with Gasteiger partial charge in [0.15, 0.2) is 0 Å². The quantitative estimate of drug-likeness (QED) is 0.798. The van der Waals surface area contributed by atoms with Gasteiger partial charge in [0.2, 0.25) is 0 Å². The summed E-state index contributed by atoms with van der Waals surface area (Å²) in [5.74, 6) is 2.28. The molecule has 1 aromatic rings. The van der Waals surface area contributed by atoms with Crippen LogP contribution in [0.1, 0.15) is 26.2 Å². The molecule has 19 heavy (non-hydrogen) atoms. The Morgan fingerprint density at radius 2 is 2.05 bits per heavy atom. The first-order chi connectivity index (χ1) is 9.09. The SMILES string of the molecule is CC1(CC=O)C[C@H]2CN(c3cnc(Cl)cn3)C[C@H]2C1. The molecule has 2 aliphatic rings. The maximum Gasteiger partial charge on any atom is 0.147 e. The Bertz CT molecular complexity index is 462. The number of aromatic nitrogens is 2. The lowest BCUT2D eigenvalue weighted by molar-refractivity contribution is -0.109. The molecule has 3 atom stereocenters. The van der Waals surface area contributed by atoms with E-state index in [1.165, 1.54) is 0 Å². The van der Waals surface area contributed by atoms with Crippen molar-refractivity contribution in [1.82, 2.24) is 9.97 Å². The van der Waals surface area contributed by atoms with Crippen molar-refractivity contribution in [2.75, 3.05) is 18.0 Å². The van der Waals surface area contributed by atoms with E-state index >= 15 is 0 Å². The predicted octanol–water partition coefficient (Wildman–Crippen LogP) is 2.57. The number of carbonyl (C=O) groups excluding carboxylic acids is 1. The van der Waals surface area contributed by atoms with Crippen LogP contribution in [0.15, 0.2) is 12.4 Å². The van der Waals surface area contributed by atoms with Gasteiger partial charge in [-0.3, -0.25) is 0 Å². The molecule has 0 spiro atoms. The number of aldehydes is 1. The molecule has 2 fully saturated rings. The van der Waals surface area contributed by atoms with E-state index in [9.17, 15) is 4.79 Å². The molecule has 0 radical (unpaired) electrons. The maximum absolute atomic E-state index is 10.8. The number of halogens is 1. The second kappa shape index (κ2) is 4.75. The summed E-state index contributed by atoms with van der Waals surface area (Å²) in [6.45, 7) is 4.29. The molecule has 0 amide bonds. The number of nitrogens with zero attached hydrogens (tertiary/aromatic N) is 3. The Balaban J connectivity index is 1.68. The molecule has 0 N–H and O–H groups in total. The van der Waals surface area contributed by atoms with E-state index in [1.807, 2.05) is 0 Å². The normalized spacial score (nSPS) is 33.5. The summed E-state index contributed by atoms with van der Waals surface area (Å²) in [5, 5.41) is 0.432. The largest absolute Gasteiger partial charge is 0.355 e. The van der Waals surface area contributed by atoms with Gasteiger partial charge in [0.1, 0.15) is 17.3 Å². The molecular weight excluding hydrogens is 262 g/mol. The minimum atomic E-state index is 0.217. The number of hydrogen-bond donors (Lipinski definition) is 0. The lowest BCUT2D eigenvalue weighted by Crippen LogP contribution is -2.25. The third kappa shape index (κ3) is 2.46. The minimum absolute atomic E-state index is 0.217. The van der Waals surface area contributed by atoms with Crippen molar-refractivity contribution in [3.63, 3.8) is 0 Å². The van der Waals surface area contributed by atoms with Gasteiger partial charge in [-0.1, -0.05) is 18.5 Å². The molecule has 1 saturated carbocycles. The predicted molar refractivity (Wildman–Crippen MR) is 74.3 cm³/mol. The van der Waals surface area contributed by atoms with Crippen LogP contribution in [-0.2, 0) is 4.79 Å². The highest BCUT2D eigenvalue weighted by Gasteiger charge is 2.46. The van der Waals surface area contributed by atoms with Crippen molar-refractivity contribution >= 4 is 23.7 Å². The zero-order chi connectivity index (χ0) is 13.5. The second-order valence-electron chi connectivity index (χ2n) is 6.21. The van der Waals surface area contributed by atoms with E-state index in [4.69, 9.17) is 11.6 Å². The molecule has 102 valence electrons. The van der Waals surface area contributed by atoms with E-state index in [1.54, 1.807) is 12.4 Å². The lowest BCUT2D eigenvalue weighted by Gasteiger charge is -2.25. The second-order valence-corrected chi connectivity index (χ2v) is 6.60. The standard InChI is InChI=1S/C14H18ClN3O/c1-14(2-3-19)4-10-8-18(9-11(10)5-14)13-7-16-12(15)6-17-13/h3,6-7,10-11H,2,4-5,8-9H2,1H3/t10-,11+,14?. The van der Waals surface area contributed by atoms with Crippen LogP contribution >= 0.6 is 11.6 Å². The Kier molecular flexibility index (Phi) is 3.21. The van der Waals surface area contributed by atoms with Crippen molar-refractivity contribution in [1.29, 1.82) is 0 Å². The monoisotopic (exact) mass is 279 g/mol. The smallest absolute Gasteiger partial charge is 0.147 e. The molecule has 1 aromatic heterocycles. The molecule has 5 heteroatoms. The Labute approximate surface area is 118 Å². The van der Waals surface area contributed by atoms with Gasteiger partial charge in [-0.15, -0.1) is 0 Å². The first kappa shape index (κ1) is 12.9. The molecule has 1 aliphatic heterocycles. The zero-order valence-electron chi connectivity index (χ0n) is 11.1. The Morgan fingerprint density at radius 3 is 2.58 bits per heavy atom. The van der Waals surface area contributed by atoms with Crippen LogP contribution in [0.5, 0.6) is 0 Å². The summed E-state index contributed by atoms with van der Waals surface area (Å²) >= 11 is 5.76. The zero-order valence-corrected chi connectivity index (χ0v) is 11.8. The summed E-state index contributed by atoms with van der Waals surface area (Å²) in [7, 11) is 0. The van der Waals surface area contributed by atoms with Crippen LogP contribution in [0.3, 0.4) is 0 Å². The molecule has 4 nitrogen and oxygen atoms in total. The fraction of sp³-hybridized carbons (Fsp3) is 0.643. The van der Waals surface area contributed by atoms with Crippen LogP contribution in [0, 0.1) is 17.3 Å². The number of anilines is 1. The fourth-order valence-corrected chi connectivity index (χ4v) is 3.87. The fourth-order valence-electron chi connectivity index (χ4n) is 3.77. The summed E-state index contributed by atoms with van der Waals surface area (Å²) in [4.78, 5) is 21.5. The van der Waals surface area contributed by atoms with Crippen molar-refractivity contribution in [2.24, 2.45) is 17.3 Å². The molecule has 0 bridgehead atoms. The van der Waals surface area contributed by atoms with E-state index in [-0.39, 0.29) is 5.41 Å². The molecule has 0 aromatic carbocycles. The van der Waals surface area contributed by atoms with E-state index in [0.29, 0.717) is 23.4 Å². The van der Waals surface area contributed by atoms with Gasteiger partial charge < -0.3 is 9.69 Å². The molecule has 1 unspecified atom stereocenters. The summed E-state index contributed by atoms with van der Waals surface area (Å²) < 4.78 is 0. The average molecular weight is 280 g/mol. The topological polar surface area (TPSA) is 46.1 Å². The third-order valence-corrected chi connectivity index (χ3v) is 4.79. The first-order valence-corrected chi connectivity index (χ1v) is 7.13. The van der Waals surface area contributed by atoms with Gasteiger partial charge >= 0.3 is 0 Å². The molecule has 2 heterocycles. The van der Waals surface area contributed by atoms with Crippen LogP contribution < -0.4 is 4.90 Å². The lowest BCUT2D eigenvalue weighted by atomic mass is 9.84. The molecule has 1 aliphatic carbocycles. The average Bonchev–Trinajstić information content (AvgIpc) is 2.85. The van der Waals surface area contributed by atoms with Crippen LogP contribution in [0.25, 0.3) is 0 Å². The van der Waals surface area contributed by atoms with E-state index < -0.39 is 0 Å². The van der Waals surface area contributed by atoms with E-state index in [2.05, 4.69) is 21.8 Å². The molecular formula is C14H18ClN3O.